The van der Waals surface area contributed by atoms with Gasteiger partial charge in [0.1, 0.15) is 12.1 Å². The molecule has 0 radical (unpaired) electrons. The smallest absolute Gasteiger partial charge is 0.325 e. The van der Waals surface area contributed by atoms with Crippen molar-refractivity contribution in [2.24, 2.45) is 5.41 Å². The minimum absolute atomic E-state index is 0.193. The molecule has 23 heavy (non-hydrogen) atoms. The molecule has 0 saturated heterocycles. The van der Waals surface area contributed by atoms with Gasteiger partial charge < -0.3 is 20.7 Å². The van der Waals surface area contributed by atoms with Gasteiger partial charge in [-0.15, -0.1) is 0 Å². The molecule has 0 bridgehead atoms. The third-order valence-electron chi connectivity index (χ3n) is 3.18. The molecule has 4 N–H and O–H groups in total. The Kier molecular flexibility index (Phi) is 5.67. The second-order valence-corrected chi connectivity index (χ2v) is 6.28. The number of nitrogens with one attached hydrogen (secondary N) is 3. The van der Waals surface area contributed by atoms with E-state index in [1.807, 2.05) is 0 Å². The third-order valence-corrected chi connectivity index (χ3v) is 3.18. The summed E-state index contributed by atoms with van der Waals surface area (Å²) in [6, 6.07) is 0.528. The topological polar surface area (TPSA) is 128 Å². The second-order valence-electron chi connectivity index (χ2n) is 6.28. The maximum atomic E-state index is 12.3. The monoisotopic (exact) mass is 323 g/mol. The number of hydrogen-bond donors (Lipinski definition) is 4. The lowest BCUT2D eigenvalue weighted by Gasteiger charge is -2.31. The number of H-pyrrole nitrogens is 1. The van der Waals surface area contributed by atoms with Crippen molar-refractivity contribution in [3.63, 3.8) is 0 Å². The minimum atomic E-state index is -1.17. The Morgan fingerprint density at radius 3 is 2.22 bits per heavy atom. The Balaban J connectivity index is 2.93. The predicted molar refractivity (Wildman–Crippen MR) is 83.0 cm³/mol. The Morgan fingerprint density at radius 1 is 1.17 bits per heavy atom. The van der Waals surface area contributed by atoms with Gasteiger partial charge in [0, 0.05) is 12.3 Å². The van der Waals surface area contributed by atoms with Gasteiger partial charge in [-0.05, 0) is 18.4 Å². The molecule has 2 amide bonds. The van der Waals surface area contributed by atoms with Crippen LogP contribution in [0.1, 0.15) is 38.1 Å². The maximum absolute atomic E-state index is 12.3. The van der Waals surface area contributed by atoms with Crippen LogP contribution in [-0.2, 0) is 9.59 Å². The van der Waals surface area contributed by atoms with E-state index in [0.717, 1.165) is 0 Å². The standard InChI is InChI=1S/C15H21N3O5/c1-8(14(22)23)17-13(21)11(15(2,3)4)18-12(20)9-5-6-10(19)16-7-9/h5-8,11H,1-4H3,(H,16,19)(H,17,21)(H,18,20)(H,22,23). The Bertz CT molecular complexity index is 639. The number of amides is 2. The lowest BCUT2D eigenvalue weighted by Crippen LogP contribution is -2.56. The van der Waals surface area contributed by atoms with Crippen molar-refractivity contribution in [3.8, 4) is 0 Å². The van der Waals surface area contributed by atoms with E-state index in [0.29, 0.717) is 0 Å². The first kappa shape index (κ1) is 18.4. The summed E-state index contributed by atoms with van der Waals surface area (Å²) >= 11 is 0. The molecule has 8 heteroatoms. The molecule has 1 aromatic heterocycles. The summed E-state index contributed by atoms with van der Waals surface area (Å²) in [6.07, 6.45) is 1.25. The summed E-state index contributed by atoms with van der Waals surface area (Å²) < 4.78 is 0. The average Bonchev–Trinajstić information content (AvgIpc) is 2.43. The fraction of sp³-hybridized carbons (Fsp3) is 0.467. The van der Waals surface area contributed by atoms with E-state index in [2.05, 4.69) is 15.6 Å². The van der Waals surface area contributed by atoms with Gasteiger partial charge in [0.25, 0.3) is 5.91 Å². The van der Waals surface area contributed by atoms with Gasteiger partial charge in [-0.2, -0.15) is 0 Å². The van der Waals surface area contributed by atoms with E-state index in [1.54, 1.807) is 20.8 Å². The first-order valence-electron chi connectivity index (χ1n) is 7.05. The summed E-state index contributed by atoms with van der Waals surface area (Å²) in [7, 11) is 0. The third kappa shape index (κ3) is 5.24. The number of hydrogen-bond acceptors (Lipinski definition) is 4. The molecule has 1 heterocycles. The number of carboxylic acids is 1. The molecule has 0 aliphatic rings. The van der Waals surface area contributed by atoms with Crippen molar-refractivity contribution in [2.75, 3.05) is 0 Å². The first-order valence-corrected chi connectivity index (χ1v) is 7.05. The summed E-state index contributed by atoms with van der Waals surface area (Å²) in [5, 5.41) is 13.8. The highest BCUT2D eigenvalue weighted by atomic mass is 16.4. The molecule has 0 aromatic carbocycles. The summed E-state index contributed by atoms with van der Waals surface area (Å²) in [4.78, 5) is 48.7. The fourth-order valence-corrected chi connectivity index (χ4v) is 1.80. The van der Waals surface area contributed by atoms with Gasteiger partial charge in [-0.25, -0.2) is 0 Å². The number of pyridine rings is 1. The molecule has 1 aromatic rings. The van der Waals surface area contributed by atoms with Crippen LogP contribution in [0.3, 0.4) is 0 Å². The molecule has 0 saturated carbocycles. The van der Waals surface area contributed by atoms with Gasteiger partial charge in [-0.1, -0.05) is 20.8 Å². The zero-order chi connectivity index (χ0) is 17.8. The molecule has 0 aliphatic carbocycles. The fourth-order valence-electron chi connectivity index (χ4n) is 1.80. The van der Waals surface area contributed by atoms with Crippen LogP contribution < -0.4 is 16.2 Å². The number of aromatic amines is 1. The van der Waals surface area contributed by atoms with Gasteiger partial charge in [0.2, 0.25) is 11.5 Å². The highest BCUT2D eigenvalue weighted by Crippen LogP contribution is 2.20. The largest absolute Gasteiger partial charge is 0.480 e. The van der Waals surface area contributed by atoms with Gasteiger partial charge in [0.05, 0.1) is 5.56 Å². The number of carbonyl (C=O) groups is 3. The highest BCUT2D eigenvalue weighted by molar-refractivity contribution is 5.98. The van der Waals surface area contributed by atoms with E-state index in [9.17, 15) is 19.2 Å². The molecule has 1 rings (SSSR count). The van der Waals surface area contributed by atoms with Crippen molar-refractivity contribution < 1.29 is 19.5 Å². The van der Waals surface area contributed by atoms with Crippen LogP contribution in [0.4, 0.5) is 0 Å². The molecule has 2 unspecified atom stereocenters. The molecular formula is C15H21N3O5. The molecule has 0 fully saturated rings. The van der Waals surface area contributed by atoms with Crippen LogP contribution in [-0.4, -0.2) is 40.0 Å². The Labute approximate surface area is 133 Å². The Morgan fingerprint density at radius 2 is 1.78 bits per heavy atom. The number of aliphatic carboxylic acids is 1. The number of carbonyl (C=O) groups excluding carboxylic acids is 2. The zero-order valence-electron chi connectivity index (χ0n) is 13.5. The van der Waals surface area contributed by atoms with Gasteiger partial charge in [-0.3, -0.25) is 19.2 Å². The quantitative estimate of drug-likeness (QED) is 0.611. The van der Waals surface area contributed by atoms with Crippen molar-refractivity contribution in [3.05, 3.63) is 34.2 Å². The molecule has 0 spiro atoms. The van der Waals surface area contributed by atoms with Crippen molar-refractivity contribution in [1.82, 2.24) is 15.6 Å². The molecule has 0 aliphatic heterocycles. The molecule has 8 nitrogen and oxygen atoms in total. The van der Waals surface area contributed by atoms with Crippen LogP contribution >= 0.6 is 0 Å². The van der Waals surface area contributed by atoms with Crippen LogP contribution in [0.25, 0.3) is 0 Å². The Hall–Kier alpha value is -2.64. The molecule has 2 atom stereocenters. The van der Waals surface area contributed by atoms with Gasteiger partial charge >= 0.3 is 5.97 Å². The van der Waals surface area contributed by atoms with Crippen LogP contribution in [0.5, 0.6) is 0 Å². The van der Waals surface area contributed by atoms with Crippen LogP contribution in [0.2, 0.25) is 0 Å². The minimum Gasteiger partial charge on any atom is -0.480 e. The van der Waals surface area contributed by atoms with Crippen molar-refractivity contribution in [1.29, 1.82) is 0 Å². The van der Waals surface area contributed by atoms with E-state index in [4.69, 9.17) is 5.11 Å². The molecule has 126 valence electrons. The first-order chi connectivity index (χ1) is 10.5. The van der Waals surface area contributed by atoms with E-state index >= 15 is 0 Å². The molecular weight excluding hydrogens is 302 g/mol. The van der Waals surface area contributed by atoms with Crippen LogP contribution in [0.15, 0.2) is 23.1 Å². The number of rotatable bonds is 5. The maximum Gasteiger partial charge on any atom is 0.325 e. The van der Waals surface area contributed by atoms with Gasteiger partial charge in [0.15, 0.2) is 0 Å². The van der Waals surface area contributed by atoms with E-state index in [-0.39, 0.29) is 11.1 Å². The van der Waals surface area contributed by atoms with Crippen LogP contribution in [0, 0.1) is 5.41 Å². The van der Waals surface area contributed by atoms with Crippen molar-refractivity contribution >= 4 is 17.8 Å². The summed E-state index contributed by atoms with van der Waals surface area (Å²) in [5.74, 6) is -2.30. The SMILES string of the molecule is CC(NC(=O)C(NC(=O)c1ccc(=O)[nH]c1)C(C)(C)C)C(=O)O. The second kappa shape index (κ2) is 7.08. The average molecular weight is 323 g/mol. The van der Waals surface area contributed by atoms with Crippen molar-refractivity contribution in [2.45, 2.75) is 39.8 Å². The lowest BCUT2D eigenvalue weighted by atomic mass is 9.85. The summed E-state index contributed by atoms with van der Waals surface area (Å²) in [6.45, 7) is 6.57. The van der Waals surface area contributed by atoms with E-state index < -0.39 is 35.3 Å². The predicted octanol–water partition coefficient (Wildman–Crippen LogP) is 0.109. The number of carboxylic acid groups (broad SMARTS) is 1. The highest BCUT2D eigenvalue weighted by Gasteiger charge is 2.34. The summed E-state index contributed by atoms with van der Waals surface area (Å²) in [5.41, 5.74) is -0.792. The van der Waals surface area contributed by atoms with E-state index in [1.165, 1.54) is 25.3 Å². The number of aromatic nitrogens is 1. The normalized spacial score (nSPS) is 13.7. The lowest BCUT2D eigenvalue weighted by molar-refractivity contribution is -0.142. The zero-order valence-corrected chi connectivity index (χ0v) is 13.5.